The molecular weight excluding hydrogens is 184 g/mol. The van der Waals surface area contributed by atoms with Crippen LogP contribution in [-0.2, 0) is 6.54 Å². The highest BCUT2D eigenvalue weighted by molar-refractivity contribution is 5.14. The molecule has 0 saturated carbocycles. The second kappa shape index (κ2) is 5.29. The molecule has 1 heterocycles. The Hall–Kier alpha value is -0.860. The van der Waals surface area contributed by atoms with Crippen molar-refractivity contribution in [2.75, 3.05) is 20.1 Å². The molecule has 1 aromatic carbocycles. The van der Waals surface area contributed by atoms with Crippen LogP contribution in [0.3, 0.4) is 0 Å². The molecule has 1 fully saturated rings. The first-order valence-electron chi connectivity index (χ1n) is 5.73. The maximum Gasteiger partial charge on any atom is 0.0373 e. The van der Waals surface area contributed by atoms with Crippen molar-refractivity contribution in [3.63, 3.8) is 0 Å². The summed E-state index contributed by atoms with van der Waals surface area (Å²) in [7, 11) is 2.18. The Morgan fingerprint density at radius 2 is 2.13 bits per heavy atom. The molecule has 15 heavy (non-hydrogen) atoms. The van der Waals surface area contributed by atoms with Crippen LogP contribution in [-0.4, -0.2) is 31.1 Å². The highest BCUT2D eigenvalue weighted by atomic mass is 15.1. The molecule has 1 aromatic rings. The van der Waals surface area contributed by atoms with E-state index in [-0.39, 0.29) is 0 Å². The van der Waals surface area contributed by atoms with Crippen LogP contribution in [0, 0.1) is 0 Å². The monoisotopic (exact) mass is 203 g/mol. The summed E-state index contributed by atoms with van der Waals surface area (Å²) in [5.74, 6) is 0. The van der Waals surface area contributed by atoms with Gasteiger partial charge in [-0.25, -0.2) is 5.32 Å². The Labute approximate surface area is 92.3 Å². The van der Waals surface area contributed by atoms with Gasteiger partial charge in [-0.3, -0.25) is 0 Å². The van der Waals surface area contributed by atoms with Crippen LogP contribution in [0.1, 0.15) is 18.4 Å². The summed E-state index contributed by atoms with van der Waals surface area (Å²) in [5.41, 5.74) is 1.39. The van der Waals surface area contributed by atoms with E-state index < -0.39 is 0 Å². The minimum atomic E-state index is 0.582. The number of benzene rings is 1. The summed E-state index contributed by atoms with van der Waals surface area (Å²) in [4.78, 5) is 2.37. The topological polar surface area (TPSA) is 17.3 Å². The fourth-order valence-corrected chi connectivity index (χ4v) is 2.16. The third kappa shape index (κ3) is 3.33. The Morgan fingerprint density at radius 1 is 1.33 bits per heavy atom. The lowest BCUT2D eigenvalue weighted by molar-refractivity contribution is 0.291. The van der Waals surface area contributed by atoms with E-state index >= 15 is 0 Å². The van der Waals surface area contributed by atoms with Crippen LogP contribution in [0.4, 0.5) is 0 Å². The molecule has 0 N–H and O–H groups in total. The van der Waals surface area contributed by atoms with Gasteiger partial charge in [0.05, 0.1) is 0 Å². The molecule has 2 heteroatoms. The van der Waals surface area contributed by atoms with Crippen molar-refractivity contribution < 1.29 is 0 Å². The maximum atomic E-state index is 4.58. The Balaban J connectivity index is 1.79. The fourth-order valence-electron chi connectivity index (χ4n) is 2.16. The molecule has 2 nitrogen and oxygen atoms in total. The largest absolute Gasteiger partial charge is 0.301 e. The molecule has 0 aliphatic carbocycles. The second-order valence-corrected chi connectivity index (χ2v) is 4.38. The molecule has 2 rings (SSSR count). The smallest absolute Gasteiger partial charge is 0.0373 e. The molecule has 1 aliphatic rings. The first-order chi connectivity index (χ1) is 7.34. The Morgan fingerprint density at radius 3 is 2.80 bits per heavy atom. The third-order valence-corrected chi connectivity index (χ3v) is 2.90. The molecule has 0 unspecified atom stereocenters. The highest BCUT2D eigenvalue weighted by Gasteiger charge is 2.16. The maximum absolute atomic E-state index is 4.58. The lowest BCUT2D eigenvalue weighted by Gasteiger charge is -2.20. The van der Waals surface area contributed by atoms with Gasteiger partial charge >= 0.3 is 0 Å². The number of hydrogen-bond acceptors (Lipinski definition) is 1. The van der Waals surface area contributed by atoms with E-state index in [2.05, 4.69) is 47.6 Å². The van der Waals surface area contributed by atoms with Crippen LogP contribution in [0.15, 0.2) is 30.3 Å². The van der Waals surface area contributed by atoms with Crippen molar-refractivity contribution >= 4 is 0 Å². The predicted molar refractivity (Wildman–Crippen MR) is 62.8 cm³/mol. The zero-order valence-corrected chi connectivity index (χ0v) is 9.39. The summed E-state index contributed by atoms with van der Waals surface area (Å²) in [6, 6.07) is 11.2. The summed E-state index contributed by atoms with van der Waals surface area (Å²) < 4.78 is 0. The van der Waals surface area contributed by atoms with Gasteiger partial charge in [-0.2, -0.15) is 0 Å². The highest BCUT2D eigenvalue weighted by Crippen LogP contribution is 2.10. The normalized spacial score (nSPS) is 21.1. The third-order valence-electron chi connectivity index (χ3n) is 2.90. The minimum absolute atomic E-state index is 0.582. The lowest BCUT2D eigenvalue weighted by atomic mass is 10.2. The van der Waals surface area contributed by atoms with Gasteiger partial charge < -0.3 is 4.90 Å². The van der Waals surface area contributed by atoms with Gasteiger partial charge in [0.25, 0.3) is 0 Å². The van der Waals surface area contributed by atoms with Crippen molar-refractivity contribution in [3.8, 4) is 0 Å². The molecule has 0 bridgehead atoms. The molecule has 0 amide bonds. The van der Waals surface area contributed by atoms with Gasteiger partial charge in [-0.05, 0) is 25.5 Å². The van der Waals surface area contributed by atoms with Gasteiger partial charge in [0.2, 0.25) is 0 Å². The van der Waals surface area contributed by atoms with E-state index in [0.717, 1.165) is 19.6 Å². The molecule has 1 saturated heterocycles. The van der Waals surface area contributed by atoms with Crippen LogP contribution < -0.4 is 5.32 Å². The first-order valence-corrected chi connectivity index (χ1v) is 5.73. The van der Waals surface area contributed by atoms with Gasteiger partial charge in [0.1, 0.15) is 0 Å². The van der Waals surface area contributed by atoms with Crippen molar-refractivity contribution in [2.45, 2.75) is 25.4 Å². The van der Waals surface area contributed by atoms with E-state index in [1.165, 1.54) is 18.4 Å². The zero-order valence-electron chi connectivity index (χ0n) is 9.39. The Kier molecular flexibility index (Phi) is 3.75. The van der Waals surface area contributed by atoms with E-state index in [4.69, 9.17) is 0 Å². The van der Waals surface area contributed by atoms with Gasteiger partial charge in [-0.15, -0.1) is 0 Å². The molecule has 1 radical (unpaired) electrons. The fraction of sp³-hybridized carbons (Fsp3) is 0.538. The summed E-state index contributed by atoms with van der Waals surface area (Å²) in [5, 5.41) is 4.58. The molecule has 0 aromatic heterocycles. The van der Waals surface area contributed by atoms with Gasteiger partial charge in [-0.1, -0.05) is 30.3 Å². The number of likely N-dealkylation sites (N-methyl/N-ethyl adjacent to an activating group) is 1. The van der Waals surface area contributed by atoms with Crippen LogP contribution in [0.5, 0.6) is 0 Å². The quantitative estimate of drug-likeness (QED) is 0.730. The van der Waals surface area contributed by atoms with E-state index in [1.807, 2.05) is 0 Å². The molecule has 81 valence electrons. The van der Waals surface area contributed by atoms with Gasteiger partial charge in [0.15, 0.2) is 0 Å². The Bertz CT molecular complexity index is 278. The van der Waals surface area contributed by atoms with E-state index in [1.54, 1.807) is 0 Å². The standard InChI is InChI=1S/C13H19N2/c1-15(11-13-8-5-9-14-13)10-12-6-3-2-4-7-12/h2-4,6-7,13H,5,8-11H2,1H3/t13-/m0/s1. The molecular formula is C13H19N2. The van der Waals surface area contributed by atoms with Crippen molar-refractivity contribution in [1.29, 1.82) is 0 Å². The molecule has 1 aliphatic heterocycles. The number of hydrogen-bond donors (Lipinski definition) is 0. The summed E-state index contributed by atoms with van der Waals surface area (Å²) in [6.45, 7) is 3.21. The van der Waals surface area contributed by atoms with Crippen molar-refractivity contribution in [2.24, 2.45) is 0 Å². The SMILES string of the molecule is CN(Cc1ccccc1)C[C@@H]1CCC[N]1. The summed E-state index contributed by atoms with van der Waals surface area (Å²) >= 11 is 0. The lowest BCUT2D eigenvalue weighted by Crippen LogP contribution is -2.31. The average Bonchev–Trinajstić information content (AvgIpc) is 2.71. The van der Waals surface area contributed by atoms with Crippen LogP contribution in [0.25, 0.3) is 0 Å². The first kappa shape index (κ1) is 10.7. The summed E-state index contributed by atoms with van der Waals surface area (Å²) in [6.07, 6.45) is 2.56. The van der Waals surface area contributed by atoms with Crippen LogP contribution in [0.2, 0.25) is 0 Å². The number of rotatable bonds is 4. The zero-order chi connectivity index (χ0) is 10.5. The van der Waals surface area contributed by atoms with Gasteiger partial charge in [0, 0.05) is 25.7 Å². The van der Waals surface area contributed by atoms with E-state index in [9.17, 15) is 0 Å². The number of nitrogens with zero attached hydrogens (tertiary/aromatic N) is 2. The molecule has 1 atom stereocenters. The molecule has 0 spiro atoms. The minimum Gasteiger partial charge on any atom is -0.301 e. The van der Waals surface area contributed by atoms with Crippen LogP contribution >= 0.6 is 0 Å². The predicted octanol–water partition coefficient (Wildman–Crippen LogP) is 1.89. The average molecular weight is 203 g/mol. The van der Waals surface area contributed by atoms with Crippen molar-refractivity contribution in [1.82, 2.24) is 10.2 Å². The van der Waals surface area contributed by atoms with Crippen molar-refractivity contribution in [3.05, 3.63) is 35.9 Å². The van der Waals surface area contributed by atoms with E-state index in [0.29, 0.717) is 6.04 Å². The second-order valence-electron chi connectivity index (χ2n) is 4.38.